The van der Waals surface area contributed by atoms with E-state index in [0.717, 1.165) is 5.57 Å². The molecule has 86 valence electrons. The highest BCUT2D eigenvalue weighted by molar-refractivity contribution is 5.97. The number of rotatable bonds is 2. The van der Waals surface area contributed by atoms with Gasteiger partial charge in [-0.2, -0.15) is 0 Å². The van der Waals surface area contributed by atoms with Gasteiger partial charge in [-0.25, -0.2) is 4.79 Å². The van der Waals surface area contributed by atoms with E-state index in [1.807, 2.05) is 13.0 Å². The average molecular weight is 222 g/mol. The van der Waals surface area contributed by atoms with Crippen LogP contribution in [0.25, 0.3) is 0 Å². The molecule has 4 heteroatoms. The van der Waals surface area contributed by atoms with Crippen LogP contribution in [0.15, 0.2) is 35.5 Å². The third-order valence-corrected chi connectivity index (χ3v) is 2.28. The monoisotopic (exact) mass is 222 g/mol. The molecule has 16 heavy (non-hydrogen) atoms. The number of methoxy groups -OCH3 is 2. The summed E-state index contributed by atoms with van der Waals surface area (Å²) in [5, 5.41) is 0. The summed E-state index contributed by atoms with van der Waals surface area (Å²) >= 11 is 0. The topological polar surface area (TPSA) is 52.6 Å². The molecule has 0 saturated carbocycles. The number of carbonyl (C=O) groups excluding carboxylic acids is 2. The second kappa shape index (κ2) is 5.30. The van der Waals surface area contributed by atoms with Crippen LogP contribution in [0.3, 0.4) is 0 Å². The summed E-state index contributed by atoms with van der Waals surface area (Å²) in [6.07, 6.45) is 6.77. The van der Waals surface area contributed by atoms with Crippen molar-refractivity contribution < 1.29 is 19.1 Å². The minimum atomic E-state index is -0.701. The van der Waals surface area contributed by atoms with Crippen LogP contribution in [0.5, 0.6) is 0 Å². The van der Waals surface area contributed by atoms with Crippen LogP contribution >= 0.6 is 0 Å². The van der Waals surface area contributed by atoms with Gasteiger partial charge >= 0.3 is 11.9 Å². The molecule has 1 aliphatic rings. The van der Waals surface area contributed by atoms with Gasteiger partial charge in [0.2, 0.25) is 0 Å². The predicted octanol–water partition coefficient (Wildman–Crippen LogP) is 1.39. The van der Waals surface area contributed by atoms with E-state index in [4.69, 9.17) is 0 Å². The van der Waals surface area contributed by atoms with Gasteiger partial charge < -0.3 is 9.47 Å². The van der Waals surface area contributed by atoms with E-state index >= 15 is 0 Å². The van der Waals surface area contributed by atoms with Crippen molar-refractivity contribution in [3.63, 3.8) is 0 Å². The first-order chi connectivity index (χ1) is 7.60. The standard InChI is InChI=1S/C12H14O4/c1-8-5-4-6-9(11(13)15-2)10(7-8)12(14)16-3/h4-7,10H,1-3H3. The fourth-order valence-corrected chi connectivity index (χ4v) is 1.45. The van der Waals surface area contributed by atoms with Crippen molar-refractivity contribution in [3.8, 4) is 0 Å². The van der Waals surface area contributed by atoms with Gasteiger partial charge in [0.05, 0.1) is 19.8 Å². The van der Waals surface area contributed by atoms with Crippen LogP contribution in [0.4, 0.5) is 0 Å². The molecule has 0 saturated heterocycles. The molecule has 4 nitrogen and oxygen atoms in total. The maximum Gasteiger partial charge on any atom is 0.334 e. The van der Waals surface area contributed by atoms with Gasteiger partial charge in [0.15, 0.2) is 0 Å². The molecule has 1 unspecified atom stereocenters. The fourth-order valence-electron chi connectivity index (χ4n) is 1.45. The van der Waals surface area contributed by atoms with Gasteiger partial charge in [-0.3, -0.25) is 4.79 Å². The quantitative estimate of drug-likeness (QED) is 0.662. The second-order valence-electron chi connectivity index (χ2n) is 3.38. The molecule has 0 radical (unpaired) electrons. The van der Waals surface area contributed by atoms with E-state index in [1.54, 1.807) is 18.2 Å². The number of carbonyl (C=O) groups is 2. The zero-order chi connectivity index (χ0) is 12.1. The second-order valence-corrected chi connectivity index (χ2v) is 3.38. The lowest BCUT2D eigenvalue weighted by atomic mass is 9.98. The van der Waals surface area contributed by atoms with Crippen molar-refractivity contribution in [3.05, 3.63) is 35.5 Å². The van der Waals surface area contributed by atoms with E-state index in [-0.39, 0.29) is 5.57 Å². The Morgan fingerprint density at radius 1 is 1.25 bits per heavy atom. The minimum Gasteiger partial charge on any atom is -0.468 e. The molecule has 0 aromatic heterocycles. The normalized spacial score (nSPS) is 19.3. The van der Waals surface area contributed by atoms with Crippen molar-refractivity contribution in [1.29, 1.82) is 0 Å². The molecule has 0 fully saturated rings. The highest BCUT2D eigenvalue weighted by Crippen LogP contribution is 2.21. The Hall–Kier alpha value is -1.84. The molecule has 0 bridgehead atoms. The van der Waals surface area contributed by atoms with Crippen molar-refractivity contribution in [2.24, 2.45) is 5.92 Å². The summed E-state index contributed by atoms with van der Waals surface area (Å²) in [6.45, 7) is 1.85. The fraction of sp³-hybridized carbons (Fsp3) is 0.333. The molecule has 0 heterocycles. The molecular weight excluding hydrogens is 208 g/mol. The lowest BCUT2D eigenvalue weighted by Crippen LogP contribution is -2.22. The molecule has 0 N–H and O–H groups in total. The van der Waals surface area contributed by atoms with Crippen molar-refractivity contribution >= 4 is 11.9 Å². The Labute approximate surface area is 94.2 Å². The lowest BCUT2D eigenvalue weighted by molar-refractivity contribution is -0.145. The van der Waals surface area contributed by atoms with Crippen LogP contribution in [-0.2, 0) is 19.1 Å². The maximum absolute atomic E-state index is 11.6. The zero-order valence-corrected chi connectivity index (χ0v) is 9.52. The number of esters is 2. The van der Waals surface area contributed by atoms with Gasteiger partial charge in [-0.1, -0.05) is 29.9 Å². The molecule has 0 aromatic rings. The summed E-state index contributed by atoms with van der Waals surface area (Å²) in [6, 6.07) is 0. The van der Waals surface area contributed by atoms with Crippen LogP contribution in [0.2, 0.25) is 0 Å². The van der Waals surface area contributed by atoms with Gasteiger partial charge in [-0.15, -0.1) is 0 Å². The molecule has 1 aliphatic carbocycles. The van der Waals surface area contributed by atoms with E-state index in [2.05, 4.69) is 9.47 Å². The largest absolute Gasteiger partial charge is 0.468 e. The number of hydrogen-bond donors (Lipinski definition) is 0. The van der Waals surface area contributed by atoms with E-state index in [9.17, 15) is 9.59 Å². The smallest absolute Gasteiger partial charge is 0.334 e. The van der Waals surface area contributed by atoms with Gasteiger partial charge in [0.1, 0.15) is 5.92 Å². The summed E-state index contributed by atoms with van der Waals surface area (Å²) in [7, 11) is 2.57. The van der Waals surface area contributed by atoms with E-state index in [0.29, 0.717) is 0 Å². The minimum absolute atomic E-state index is 0.280. The summed E-state index contributed by atoms with van der Waals surface area (Å²) < 4.78 is 9.29. The Kier molecular flexibility index (Phi) is 4.05. The Morgan fingerprint density at radius 3 is 2.50 bits per heavy atom. The average Bonchev–Trinajstić information content (AvgIpc) is 2.49. The summed E-state index contributed by atoms with van der Waals surface area (Å²) in [5.74, 6) is -1.70. The van der Waals surface area contributed by atoms with Crippen molar-refractivity contribution in [2.45, 2.75) is 6.92 Å². The van der Waals surface area contributed by atoms with Crippen LogP contribution in [-0.4, -0.2) is 26.2 Å². The van der Waals surface area contributed by atoms with Gasteiger partial charge in [0, 0.05) is 0 Å². The SMILES string of the molecule is COC(=O)C1=CC=CC(C)=CC1C(=O)OC. The van der Waals surface area contributed by atoms with Crippen LogP contribution in [0.1, 0.15) is 6.92 Å². The predicted molar refractivity (Wildman–Crippen MR) is 58.5 cm³/mol. The van der Waals surface area contributed by atoms with Crippen molar-refractivity contribution in [1.82, 2.24) is 0 Å². The molecule has 1 rings (SSSR count). The molecule has 0 aliphatic heterocycles. The summed E-state index contributed by atoms with van der Waals surface area (Å²) in [5.41, 5.74) is 1.17. The number of allylic oxidation sites excluding steroid dienone is 4. The van der Waals surface area contributed by atoms with E-state index < -0.39 is 17.9 Å². The van der Waals surface area contributed by atoms with Crippen molar-refractivity contribution in [2.75, 3.05) is 14.2 Å². The molecular formula is C12H14O4. The van der Waals surface area contributed by atoms with Crippen LogP contribution in [0, 0.1) is 5.92 Å². The highest BCUT2D eigenvalue weighted by atomic mass is 16.5. The number of ether oxygens (including phenoxy) is 2. The van der Waals surface area contributed by atoms with Gasteiger partial charge in [-0.05, 0) is 6.92 Å². The zero-order valence-electron chi connectivity index (χ0n) is 9.52. The molecule has 0 aromatic carbocycles. The third-order valence-electron chi connectivity index (χ3n) is 2.28. The molecule has 0 spiro atoms. The first kappa shape index (κ1) is 12.2. The number of hydrogen-bond acceptors (Lipinski definition) is 4. The Bertz CT molecular complexity index is 388. The third kappa shape index (κ3) is 2.59. The first-order valence-corrected chi connectivity index (χ1v) is 4.83. The lowest BCUT2D eigenvalue weighted by Gasteiger charge is -2.12. The van der Waals surface area contributed by atoms with Gasteiger partial charge in [0.25, 0.3) is 0 Å². The Balaban J connectivity index is 3.11. The maximum atomic E-state index is 11.6. The first-order valence-electron chi connectivity index (χ1n) is 4.83. The molecule has 0 amide bonds. The summed E-state index contributed by atoms with van der Waals surface area (Å²) in [4.78, 5) is 23.0. The molecule has 1 atom stereocenters. The Morgan fingerprint density at radius 2 is 1.94 bits per heavy atom. The van der Waals surface area contributed by atoms with E-state index in [1.165, 1.54) is 14.2 Å². The highest BCUT2D eigenvalue weighted by Gasteiger charge is 2.27. The van der Waals surface area contributed by atoms with Crippen LogP contribution < -0.4 is 0 Å².